The topological polar surface area (TPSA) is 99.1 Å². The molecule has 7 nitrogen and oxygen atoms in total. The van der Waals surface area contributed by atoms with Crippen molar-refractivity contribution in [1.29, 1.82) is 0 Å². The van der Waals surface area contributed by atoms with Gasteiger partial charge in [-0.1, -0.05) is 53.9 Å². The lowest BCUT2D eigenvalue weighted by Gasteiger charge is -2.41. The predicted octanol–water partition coefficient (Wildman–Crippen LogP) is 4.47. The molecule has 2 aromatic carbocycles. The van der Waals surface area contributed by atoms with Gasteiger partial charge in [0.2, 0.25) is 11.8 Å². The lowest BCUT2D eigenvalue weighted by molar-refractivity contribution is -0.139. The van der Waals surface area contributed by atoms with E-state index in [1.54, 1.807) is 23.1 Å². The van der Waals surface area contributed by atoms with E-state index in [1.165, 1.54) is 19.3 Å². The van der Waals surface area contributed by atoms with Crippen molar-refractivity contribution in [3.05, 3.63) is 75.3 Å². The molecular weight excluding hydrogens is 551 g/mol. The zero-order chi connectivity index (χ0) is 28.0. The Labute approximate surface area is 244 Å². The number of nitrogens with zero attached hydrogens (tertiary/aromatic N) is 1. The molecule has 0 saturated heterocycles. The van der Waals surface area contributed by atoms with Gasteiger partial charge in [0.15, 0.2) is 0 Å². The minimum absolute atomic E-state index is 0.0620. The van der Waals surface area contributed by atoms with E-state index >= 15 is 0 Å². The Morgan fingerprint density at radius 1 is 1.07 bits per heavy atom. The first-order chi connectivity index (χ1) is 19.3. The van der Waals surface area contributed by atoms with Gasteiger partial charge in [-0.05, 0) is 66.9 Å². The maximum Gasteiger partial charge on any atom is 0.247 e. The molecule has 9 heteroatoms. The molecule has 0 spiro atoms. The third-order valence-electron chi connectivity index (χ3n) is 9.22. The van der Waals surface area contributed by atoms with Gasteiger partial charge in [0, 0.05) is 30.6 Å². The van der Waals surface area contributed by atoms with Crippen LogP contribution in [0.3, 0.4) is 0 Å². The molecule has 2 fully saturated rings. The van der Waals surface area contributed by atoms with E-state index in [-0.39, 0.29) is 31.5 Å². The Morgan fingerprint density at radius 3 is 2.62 bits per heavy atom. The monoisotopic (exact) mass is 584 g/mol. The minimum atomic E-state index is -1.07. The summed E-state index contributed by atoms with van der Waals surface area (Å²) in [6.07, 6.45) is 5.00. The third kappa shape index (κ3) is 5.13. The second-order valence-electron chi connectivity index (χ2n) is 11.6. The summed E-state index contributed by atoms with van der Waals surface area (Å²) in [5.41, 5.74) is 2.02. The minimum Gasteiger partial charge on any atom is -0.486 e. The summed E-state index contributed by atoms with van der Waals surface area (Å²) in [7, 11) is 0. The molecule has 2 amide bonds. The molecule has 7 atom stereocenters. The molecule has 2 bridgehead atoms. The molecule has 3 aliphatic carbocycles. The molecular formula is C31H34Cl2N2O5. The Bertz CT molecular complexity index is 1330. The number of ether oxygens (including phenoxy) is 1. The second-order valence-corrected chi connectivity index (χ2v) is 12.4. The summed E-state index contributed by atoms with van der Waals surface area (Å²) >= 11 is 12.5. The first-order valence-corrected chi connectivity index (χ1v) is 14.9. The van der Waals surface area contributed by atoms with Gasteiger partial charge in [-0.2, -0.15) is 0 Å². The van der Waals surface area contributed by atoms with Gasteiger partial charge >= 0.3 is 0 Å². The fourth-order valence-electron chi connectivity index (χ4n) is 7.35. The summed E-state index contributed by atoms with van der Waals surface area (Å²) in [4.78, 5) is 29.2. The number of carbonyl (C=O) groups is 2. The van der Waals surface area contributed by atoms with E-state index < -0.39 is 24.2 Å². The van der Waals surface area contributed by atoms with Crippen molar-refractivity contribution in [2.45, 2.75) is 62.8 Å². The van der Waals surface area contributed by atoms with Gasteiger partial charge in [0.05, 0.1) is 28.6 Å². The number of hydrogen-bond acceptors (Lipinski definition) is 5. The van der Waals surface area contributed by atoms with Crippen molar-refractivity contribution < 1.29 is 24.5 Å². The molecule has 6 rings (SSSR count). The number of benzene rings is 2. The summed E-state index contributed by atoms with van der Waals surface area (Å²) in [6, 6.07) is 11.9. The van der Waals surface area contributed by atoms with E-state index in [2.05, 4.69) is 5.32 Å². The van der Waals surface area contributed by atoms with Crippen LogP contribution in [0.2, 0.25) is 10.0 Å². The van der Waals surface area contributed by atoms with Crippen LogP contribution in [0.15, 0.2) is 54.1 Å². The van der Waals surface area contributed by atoms with Crippen LogP contribution in [0.1, 0.15) is 49.1 Å². The van der Waals surface area contributed by atoms with Crippen LogP contribution in [0.25, 0.3) is 0 Å². The number of rotatable bonds is 8. The molecule has 3 N–H and O–H groups in total. The van der Waals surface area contributed by atoms with Crippen molar-refractivity contribution in [3.63, 3.8) is 0 Å². The number of aliphatic hydroxyl groups is 2. The van der Waals surface area contributed by atoms with Crippen molar-refractivity contribution in [2.24, 2.45) is 17.8 Å². The first-order valence-electron chi connectivity index (χ1n) is 14.1. The number of nitrogens with one attached hydrogen (secondary N) is 1. The maximum absolute atomic E-state index is 14.1. The van der Waals surface area contributed by atoms with Gasteiger partial charge in [0.1, 0.15) is 18.0 Å². The molecule has 2 aromatic rings. The fourth-order valence-corrected chi connectivity index (χ4v) is 7.67. The average molecular weight is 586 g/mol. The quantitative estimate of drug-likeness (QED) is 0.425. The number of halogens is 2. The van der Waals surface area contributed by atoms with Crippen LogP contribution >= 0.6 is 23.2 Å². The molecule has 1 heterocycles. The van der Waals surface area contributed by atoms with Gasteiger partial charge in [-0.25, -0.2) is 0 Å². The molecule has 4 aliphatic rings. The Morgan fingerprint density at radius 2 is 1.90 bits per heavy atom. The summed E-state index contributed by atoms with van der Waals surface area (Å²) in [6.45, 7) is 0.0990. The van der Waals surface area contributed by atoms with E-state index in [4.69, 9.17) is 27.9 Å². The van der Waals surface area contributed by atoms with Gasteiger partial charge in [-0.15, -0.1) is 0 Å². The van der Waals surface area contributed by atoms with Crippen molar-refractivity contribution in [1.82, 2.24) is 10.2 Å². The molecule has 0 aromatic heterocycles. The zero-order valence-electron chi connectivity index (χ0n) is 22.1. The average Bonchev–Trinajstić information content (AvgIpc) is 3.67. The highest BCUT2D eigenvalue weighted by atomic mass is 35.5. The standard InChI is InChI=1S/C31H34Cl2N2O5/c32-23-8-6-18(13-24(23)33)16-35(27(37)14-20-12-17-5-7-19(20)11-17)25-15-22(31(39)34-9-10-36)28-21-3-1-2-4-26(21)40-30(28)29(25)38/h1-4,6,8,13,15,17,19-20,25,28-30,36,38H,5,7,9-12,14,16H2,(H,34,39)/t17?,19?,20?,25-,28+,29+,30+/m1/s1. The van der Waals surface area contributed by atoms with Gasteiger partial charge in [0.25, 0.3) is 0 Å². The first kappa shape index (κ1) is 27.6. The molecule has 212 valence electrons. The van der Waals surface area contributed by atoms with Crippen molar-refractivity contribution in [3.8, 4) is 5.75 Å². The Kier molecular flexibility index (Phi) is 7.83. The molecule has 40 heavy (non-hydrogen) atoms. The number of para-hydroxylation sites is 1. The fraction of sp³-hybridized carbons (Fsp3) is 0.484. The van der Waals surface area contributed by atoms with Crippen LogP contribution < -0.4 is 10.1 Å². The van der Waals surface area contributed by atoms with E-state index in [0.29, 0.717) is 45.5 Å². The van der Waals surface area contributed by atoms with E-state index in [1.807, 2.05) is 30.3 Å². The summed E-state index contributed by atoms with van der Waals surface area (Å²) in [5.74, 6) is 1.32. The number of hydrogen-bond donors (Lipinski definition) is 3. The second kappa shape index (κ2) is 11.4. The largest absolute Gasteiger partial charge is 0.486 e. The molecule has 3 unspecified atom stereocenters. The highest BCUT2D eigenvalue weighted by molar-refractivity contribution is 6.42. The van der Waals surface area contributed by atoms with Crippen LogP contribution in [0.5, 0.6) is 5.75 Å². The van der Waals surface area contributed by atoms with Crippen LogP contribution in [-0.2, 0) is 16.1 Å². The summed E-state index contributed by atoms with van der Waals surface area (Å²) in [5, 5.41) is 24.7. The van der Waals surface area contributed by atoms with Gasteiger partial charge < -0.3 is 25.2 Å². The van der Waals surface area contributed by atoms with E-state index in [0.717, 1.165) is 17.5 Å². The van der Waals surface area contributed by atoms with Crippen molar-refractivity contribution in [2.75, 3.05) is 13.2 Å². The molecule has 1 aliphatic heterocycles. The molecule has 2 saturated carbocycles. The Hall–Kier alpha value is -2.58. The number of amides is 2. The summed E-state index contributed by atoms with van der Waals surface area (Å²) < 4.78 is 6.23. The van der Waals surface area contributed by atoms with Gasteiger partial charge in [-0.3, -0.25) is 9.59 Å². The van der Waals surface area contributed by atoms with Crippen molar-refractivity contribution >= 4 is 35.0 Å². The highest BCUT2D eigenvalue weighted by Gasteiger charge is 2.51. The number of fused-ring (bicyclic) bond motifs is 5. The predicted molar refractivity (Wildman–Crippen MR) is 152 cm³/mol. The number of carbonyl (C=O) groups excluding carboxylic acids is 2. The van der Waals surface area contributed by atoms with E-state index in [9.17, 15) is 19.8 Å². The Balaban J connectivity index is 1.37. The highest BCUT2D eigenvalue weighted by Crippen LogP contribution is 2.50. The smallest absolute Gasteiger partial charge is 0.247 e. The van der Waals surface area contributed by atoms with Crippen LogP contribution in [0.4, 0.5) is 0 Å². The normalized spacial score (nSPS) is 29.8. The van der Waals surface area contributed by atoms with Crippen LogP contribution in [0, 0.1) is 17.8 Å². The molecule has 0 radical (unpaired) electrons. The third-order valence-corrected chi connectivity index (χ3v) is 9.95. The SMILES string of the molecule is O=C(NCCO)C1=C[C@@H](N(Cc2ccc(Cl)c(Cl)c2)C(=O)CC2CC3CCC2C3)[C@H](O)[C@H]2Oc3ccccc3[C@@H]12. The number of aliphatic hydroxyl groups excluding tert-OH is 2. The zero-order valence-corrected chi connectivity index (χ0v) is 23.7. The lowest BCUT2D eigenvalue weighted by atomic mass is 9.77. The van der Waals surface area contributed by atoms with Crippen LogP contribution in [-0.4, -0.2) is 58.3 Å². The maximum atomic E-state index is 14.1. The lowest BCUT2D eigenvalue weighted by Crippen LogP contribution is -2.55.